The van der Waals surface area contributed by atoms with Gasteiger partial charge in [0.05, 0.1) is 16.7 Å². The van der Waals surface area contributed by atoms with E-state index in [2.05, 4.69) is 16.7 Å². The summed E-state index contributed by atoms with van der Waals surface area (Å²) in [5.41, 5.74) is 0.947. The van der Waals surface area contributed by atoms with E-state index in [4.69, 9.17) is 0 Å². The highest BCUT2D eigenvalue weighted by molar-refractivity contribution is 5.71. The summed E-state index contributed by atoms with van der Waals surface area (Å²) in [7, 11) is 0. The van der Waals surface area contributed by atoms with Crippen LogP contribution in [0.2, 0.25) is 0 Å². The van der Waals surface area contributed by atoms with Gasteiger partial charge in [0, 0.05) is 39.3 Å². The predicted octanol–water partition coefficient (Wildman–Crippen LogP) is 3.26. The molecule has 1 aromatic rings. The predicted molar refractivity (Wildman–Crippen MR) is 98.1 cm³/mol. The molecular formula is C18H27FN4O2. The first-order chi connectivity index (χ1) is 12.1. The SMILES string of the molecule is CCN1CCN(c2cc(N3CCCCCC3)c(F)cc2[N+](=O)[O-])CC1. The normalized spacial score (nSPS) is 19.8. The zero-order chi connectivity index (χ0) is 17.8. The molecule has 0 amide bonds. The van der Waals surface area contributed by atoms with Crippen LogP contribution >= 0.6 is 0 Å². The fourth-order valence-electron chi connectivity index (χ4n) is 3.80. The molecule has 2 aliphatic rings. The molecule has 0 spiro atoms. The first kappa shape index (κ1) is 17.9. The fraction of sp³-hybridized carbons (Fsp3) is 0.667. The van der Waals surface area contributed by atoms with E-state index < -0.39 is 10.7 Å². The van der Waals surface area contributed by atoms with Crippen LogP contribution in [0, 0.1) is 15.9 Å². The Kier molecular flexibility index (Phi) is 5.73. The van der Waals surface area contributed by atoms with Gasteiger partial charge in [0.1, 0.15) is 5.69 Å². The number of benzene rings is 1. The van der Waals surface area contributed by atoms with Crippen LogP contribution in [-0.4, -0.2) is 55.6 Å². The minimum Gasteiger partial charge on any atom is -0.369 e. The quantitative estimate of drug-likeness (QED) is 0.616. The summed E-state index contributed by atoms with van der Waals surface area (Å²) >= 11 is 0. The third kappa shape index (κ3) is 4.03. The van der Waals surface area contributed by atoms with Gasteiger partial charge >= 0.3 is 0 Å². The second-order valence-electron chi connectivity index (χ2n) is 6.87. The number of piperazine rings is 1. The number of halogens is 1. The highest BCUT2D eigenvalue weighted by atomic mass is 19.1. The van der Waals surface area contributed by atoms with Crippen molar-refractivity contribution in [1.29, 1.82) is 0 Å². The Morgan fingerprint density at radius 2 is 1.56 bits per heavy atom. The van der Waals surface area contributed by atoms with Gasteiger partial charge in [-0.3, -0.25) is 10.1 Å². The number of nitro benzene ring substituents is 1. The van der Waals surface area contributed by atoms with Crippen molar-refractivity contribution >= 4 is 17.1 Å². The molecule has 0 bridgehead atoms. The third-order valence-corrected chi connectivity index (χ3v) is 5.35. The largest absolute Gasteiger partial charge is 0.369 e. The highest BCUT2D eigenvalue weighted by Crippen LogP contribution is 2.36. The molecule has 0 unspecified atom stereocenters. The van der Waals surface area contributed by atoms with Crippen LogP contribution in [-0.2, 0) is 0 Å². The van der Waals surface area contributed by atoms with Crippen LogP contribution in [0.4, 0.5) is 21.5 Å². The zero-order valence-corrected chi connectivity index (χ0v) is 14.9. The summed E-state index contributed by atoms with van der Waals surface area (Å²) in [6.07, 6.45) is 4.41. The molecule has 7 heteroatoms. The van der Waals surface area contributed by atoms with E-state index >= 15 is 0 Å². The minimum atomic E-state index is -0.482. The van der Waals surface area contributed by atoms with E-state index in [-0.39, 0.29) is 5.69 Å². The van der Waals surface area contributed by atoms with Crippen molar-refractivity contribution < 1.29 is 9.31 Å². The number of hydrogen-bond donors (Lipinski definition) is 0. The molecule has 2 heterocycles. The monoisotopic (exact) mass is 350 g/mol. The summed E-state index contributed by atoms with van der Waals surface area (Å²) in [5, 5.41) is 11.5. The smallest absolute Gasteiger partial charge is 0.295 e. The van der Waals surface area contributed by atoms with Crippen molar-refractivity contribution in [2.24, 2.45) is 0 Å². The van der Waals surface area contributed by atoms with E-state index in [1.165, 1.54) is 0 Å². The van der Waals surface area contributed by atoms with Gasteiger partial charge in [-0.25, -0.2) is 4.39 Å². The molecule has 6 nitrogen and oxygen atoms in total. The molecule has 138 valence electrons. The summed E-state index contributed by atoms with van der Waals surface area (Å²) in [6.45, 7) is 7.97. The van der Waals surface area contributed by atoms with Crippen LogP contribution in [0.15, 0.2) is 12.1 Å². The van der Waals surface area contributed by atoms with Gasteiger partial charge in [0.25, 0.3) is 5.69 Å². The maximum absolute atomic E-state index is 14.6. The zero-order valence-electron chi connectivity index (χ0n) is 14.9. The molecule has 0 aromatic heterocycles. The van der Waals surface area contributed by atoms with E-state index in [0.29, 0.717) is 11.4 Å². The van der Waals surface area contributed by atoms with Crippen LogP contribution in [0.5, 0.6) is 0 Å². The molecule has 0 N–H and O–H groups in total. The lowest BCUT2D eigenvalue weighted by atomic mass is 10.1. The standard InChI is InChI=1S/C18H27FN4O2/c1-2-20-9-11-22(12-10-20)17-14-16(15(19)13-18(17)23(24)25)21-7-5-3-4-6-8-21/h13-14H,2-12H2,1H3. The van der Waals surface area contributed by atoms with Crippen molar-refractivity contribution in [3.8, 4) is 0 Å². The van der Waals surface area contributed by atoms with Crippen molar-refractivity contribution in [1.82, 2.24) is 4.90 Å². The Hall–Kier alpha value is -1.89. The lowest BCUT2D eigenvalue weighted by molar-refractivity contribution is -0.384. The topological polar surface area (TPSA) is 52.9 Å². The molecule has 2 fully saturated rings. The Bertz CT molecular complexity index is 609. The van der Waals surface area contributed by atoms with Gasteiger partial charge in [-0.1, -0.05) is 19.8 Å². The van der Waals surface area contributed by atoms with Crippen LogP contribution < -0.4 is 9.80 Å². The number of nitro groups is 1. The average Bonchev–Trinajstić information content (AvgIpc) is 2.91. The maximum atomic E-state index is 14.6. The van der Waals surface area contributed by atoms with Crippen molar-refractivity contribution in [2.75, 3.05) is 55.6 Å². The number of hydrogen-bond acceptors (Lipinski definition) is 5. The Labute approximate surface area is 148 Å². The number of anilines is 2. The summed E-state index contributed by atoms with van der Waals surface area (Å²) in [5.74, 6) is -0.482. The lowest BCUT2D eigenvalue weighted by Crippen LogP contribution is -2.46. The second-order valence-corrected chi connectivity index (χ2v) is 6.87. The van der Waals surface area contributed by atoms with E-state index in [0.717, 1.165) is 77.6 Å². The third-order valence-electron chi connectivity index (χ3n) is 5.35. The number of rotatable bonds is 4. The first-order valence-electron chi connectivity index (χ1n) is 9.30. The van der Waals surface area contributed by atoms with Crippen molar-refractivity contribution in [2.45, 2.75) is 32.6 Å². The van der Waals surface area contributed by atoms with Crippen LogP contribution in [0.25, 0.3) is 0 Å². The molecule has 0 radical (unpaired) electrons. The fourth-order valence-corrected chi connectivity index (χ4v) is 3.80. The molecule has 2 saturated heterocycles. The molecule has 25 heavy (non-hydrogen) atoms. The number of likely N-dealkylation sites (N-methyl/N-ethyl adjacent to an activating group) is 1. The average molecular weight is 350 g/mol. The van der Waals surface area contributed by atoms with E-state index in [1.54, 1.807) is 6.07 Å². The van der Waals surface area contributed by atoms with Gasteiger partial charge in [0.2, 0.25) is 0 Å². The van der Waals surface area contributed by atoms with Crippen molar-refractivity contribution in [3.05, 3.63) is 28.1 Å². The Balaban J connectivity index is 1.91. The highest BCUT2D eigenvalue weighted by Gasteiger charge is 2.27. The van der Waals surface area contributed by atoms with E-state index in [9.17, 15) is 14.5 Å². The second kappa shape index (κ2) is 7.99. The summed E-state index contributed by atoms with van der Waals surface area (Å²) in [6, 6.07) is 2.82. The van der Waals surface area contributed by atoms with Crippen LogP contribution in [0.3, 0.4) is 0 Å². The molecule has 3 rings (SSSR count). The summed E-state index contributed by atoms with van der Waals surface area (Å²) < 4.78 is 14.6. The van der Waals surface area contributed by atoms with Gasteiger partial charge in [-0.05, 0) is 25.5 Å². The van der Waals surface area contributed by atoms with Gasteiger partial charge < -0.3 is 14.7 Å². The van der Waals surface area contributed by atoms with Gasteiger partial charge in [-0.15, -0.1) is 0 Å². The van der Waals surface area contributed by atoms with Gasteiger partial charge in [-0.2, -0.15) is 0 Å². The Morgan fingerprint density at radius 1 is 0.960 bits per heavy atom. The first-order valence-corrected chi connectivity index (χ1v) is 9.30. The molecule has 0 saturated carbocycles. The van der Waals surface area contributed by atoms with Crippen molar-refractivity contribution in [3.63, 3.8) is 0 Å². The Morgan fingerprint density at radius 3 is 2.12 bits per heavy atom. The number of nitrogens with zero attached hydrogens (tertiary/aromatic N) is 4. The molecule has 2 aliphatic heterocycles. The van der Waals surface area contributed by atoms with E-state index in [1.807, 2.05) is 4.90 Å². The molecule has 0 aliphatic carbocycles. The molecular weight excluding hydrogens is 323 g/mol. The molecule has 0 atom stereocenters. The lowest BCUT2D eigenvalue weighted by Gasteiger charge is -2.35. The van der Waals surface area contributed by atoms with Gasteiger partial charge in [0.15, 0.2) is 5.82 Å². The summed E-state index contributed by atoms with van der Waals surface area (Å²) in [4.78, 5) is 17.4. The maximum Gasteiger partial charge on any atom is 0.295 e. The minimum absolute atomic E-state index is 0.124. The van der Waals surface area contributed by atoms with Crippen LogP contribution in [0.1, 0.15) is 32.6 Å². The molecule has 1 aromatic carbocycles.